The van der Waals surface area contributed by atoms with Gasteiger partial charge >= 0.3 is 7.12 Å². The normalized spacial score (nSPS) is 14.0. The first-order valence-corrected chi connectivity index (χ1v) is 16.8. The van der Waals surface area contributed by atoms with Gasteiger partial charge < -0.3 is 21.4 Å². The van der Waals surface area contributed by atoms with Crippen LogP contribution in [0.4, 0.5) is 0 Å². The fraction of sp³-hybridized carbons (Fsp3) is 0.423. The van der Waals surface area contributed by atoms with Crippen LogP contribution in [0.5, 0.6) is 0 Å². The molecule has 9 N–H and O–H groups in total. The predicted molar refractivity (Wildman–Crippen MR) is 163 cm³/mol. The number of benzene rings is 2. The molecule has 0 atom stereocenters. The number of rotatable bonds is 15. The van der Waals surface area contributed by atoms with E-state index < -0.39 is 44.5 Å². The van der Waals surface area contributed by atoms with E-state index in [-0.39, 0.29) is 35.2 Å². The summed E-state index contributed by atoms with van der Waals surface area (Å²) in [6.45, 7) is 0.464. The van der Waals surface area contributed by atoms with Gasteiger partial charge in [0.1, 0.15) is 5.41 Å². The Balaban J connectivity index is 0.000000569. The lowest BCUT2D eigenvalue weighted by Crippen LogP contribution is -2.52. The molecular weight excluding hydrogens is 615 g/mol. The maximum Gasteiger partial charge on any atom is 0.479 e. The Bertz CT molecular complexity index is 1430. The summed E-state index contributed by atoms with van der Waals surface area (Å²) in [5.41, 5.74) is 6.06. The number of carbonyl (C=O) groups is 2. The van der Waals surface area contributed by atoms with Gasteiger partial charge in [-0.2, -0.15) is 8.42 Å². The number of hydrogen-bond donors (Lipinski definition) is 8. The van der Waals surface area contributed by atoms with Gasteiger partial charge in [0.15, 0.2) is 5.96 Å². The maximum absolute atomic E-state index is 12.8. The number of guanidine groups is 1. The third kappa shape index (κ3) is 12.2. The summed E-state index contributed by atoms with van der Waals surface area (Å²) >= 11 is 0. The van der Waals surface area contributed by atoms with E-state index in [4.69, 9.17) is 20.5 Å². The molecule has 2 aromatic rings. The second-order valence-corrected chi connectivity index (χ2v) is 13.1. The highest BCUT2D eigenvalue weighted by molar-refractivity contribution is 7.89. The van der Waals surface area contributed by atoms with Crippen molar-refractivity contribution in [2.75, 3.05) is 19.6 Å². The van der Waals surface area contributed by atoms with Crippen molar-refractivity contribution in [3.05, 3.63) is 60.7 Å². The Kier molecular flexibility index (Phi) is 14.7. The van der Waals surface area contributed by atoms with Crippen LogP contribution in [0.25, 0.3) is 0 Å². The molecule has 0 aromatic heterocycles. The molecule has 0 saturated heterocycles. The minimum Gasteiger partial charge on any atom is -0.426 e. The topological polar surface area (TPSA) is 250 Å². The van der Waals surface area contributed by atoms with Gasteiger partial charge in [-0.25, -0.2) is 18.6 Å². The van der Waals surface area contributed by atoms with E-state index in [2.05, 4.69) is 20.8 Å². The summed E-state index contributed by atoms with van der Waals surface area (Å²) in [5.74, 6) is -1.27. The standard InChI is InChI=1S/C20H33BN6O6S.C6H6O3S/c22-19(23)25-13-7-6-12-21(30)33-27-18(29)20(10-4-5-11-20)17(28)24-14-15-26-34(31,32)16-8-2-1-3-9-16;7-10(8,9)6-4-2-1-3-5-6/h1-3,8-9,26,30H,4-7,10-15H2,(H,24,28)(H,27,29)(H4,22,23,25);1-5H,(H,7,8,9). The zero-order valence-electron chi connectivity index (χ0n) is 24.1. The smallest absolute Gasteiger partial charge is 0.426 e. The van der Waals surface area contributed by atoms with Crippen LogP contribution >= 0.6 is 0 Å². The van der Waals surface area contributed by atoms with Crippen LogP contribution in [0.2, 0.25) is 6.32 Å². The zero-order chi connectivity index (χ0) is 32.6. The summed E-state index contributed by atoms with van der Waals surface area (Å²) < 4.78 is 61.2. The Labute approximate surface area is 257 Å². The third-order valence-corrected chi connectivity index (χ3v) is 8.95. The molecular formula is C26H39BN6O9S2. The van der Waals surface area contributed by atoms with Crippen LogP contribution in [0.3, 0.4) is 0 Å². The van der Waals surface area contributed by atoms with Crippen molar-refractivity contribution < 1.29 is 40.8 Å². The Morgan fingerprint density at radius 2 is 1.43 bits per heavy atom. The summed E-state index contributed by atoms with van der Waals surface area (Å²) in [5, 5.41) is 22.3. The second-order valence-electron chi connectivity index (χ2n) is 9.88. The summed E-state index contributed by atoms with van der Waals surface area (Å²) in [6.07, 6.45) is 3.50. The molecule has 1 fully saturated rings. The molecule has 1 saturated carbocycles. The lowest BCUT2D eigenvalue weighted by atomic mass is 9.82. The van der Waals surface area contributed by atoms with Crippen LogP contribution < -0.4 is 26.6 Å². The van der Waals surface area contributed by atoms with E-state index in [0.717, 1.165) is 0 Å². The van der Waals surface area contributed by atoms with Gasteiger partial charge in [-0.3, -0.25) is 24.3 Å². The molecule has 1 aliphatic carbocycles. The Morgan fingerprint density at radius 3 is 1.95 bits per heavy atom. The number of unbranched alkanes of at least 4 members (excludes halogenated alkanes) is 1. The molecule has 0 heterocycles. The maximum atomic E-state index is 12.8. The minimum absolute atomic E-state index is 0.0116. The number of sulfonamides is 1. The second kappa shape index (κ2) is 17.7. The molecule has 15 nitrogen and oxygen atoms in total. The summed E-state index contributed by atoms with van der Waals surface area (Å²) in [7, 11) is -8.94. The van der Waals surface area contributed by atoms with Gasteiger partial charge in [0.25, 0.3) is 16.0 Å². The van der Waals surface area contributed by atoms with E-state index >= 15 is 0 Å². The highest BCUT2D eigenvalue weighted by Crippen LogP contribution is 2.38. The molecule has 0 spiro atoms. The lowest BCUT2D eigenvalue weighted by Gasteiger charge is -2.26. The molecule has 0 unspecified atom stereocenters. The highest BCUT2D eigenvalue weighted by Gasteiger charge is 2.48. The van der Waals surface area contributed by atoms with Crippen LogP contribution in [0, 0.1) is 10.8 Å². The first-order valence-electron chi connectivity index (χ1n) is 13.9. The molecule has 0 bridgehead atoms. The molecule has 44 heavy (non-hydrogen) atoms. The van der Waals surface area contributed by atoms with Gasteiger partial charge in [0.05, 0.1) is 9.79 Å². The third-order valence-electron chi connectivity index (χ3n) is 6.60. The van der Waals surface area contributed by atoms with E-state index in [9.17, 15) is 31.4 Å². The van der Waals surface area contributed by atoms with Crippen molar-refractivity contribution in [3.8, 4) is 0 Å². The molecule has 2 amide bonds. The van der Waals surface area contributed by atoms with Crippen LogP contribution in [-0.4, -0.2) is 70.9 Å². The largest absolute Gasteiger partial charge is 0.479 e. The highest BCUT2D eigenvalue weighted by atomic mass is 32.2. The monoisotopic (exact) mass is 654 g/mol. The quantitative estimate of drug-likeness (QED) is 0.0248. The van der Waals surface area contributed by atoms with Crippen molar-refractivity contribution >= 4 is 45.0 Å². The summed E-state index contributed by atoms with van der Waals surface area (Å²) in [4.78, 5) is 25.7. The molecule has 2 aromatic carbocycles. The molecule has 0 aliphatic heterocycles. The number of nitrogens with two attached hydrogens (primary N) is 1. The Hall–Kier alpha value is -3.55. The first kappa shape index (κ1) is 36.6. The van der Waals surface area contributed by atoms with Gasteiger partial charge in [-0.15, -0.1) is 0 Å². The lowest BCUT2D eigenvalue weighted by molar-refractivity contribution is -0.148. The number of carbonyl (C=O) groups excluding carboxylic acids is 2. The van der Waals surface area contributed by atoms with Crippen LogP contribution in [-0.2, 0) is 34.5 Å². The number of amides is 2. The van der Waals surface area contributed by atoms with Crippen molar-refractivity contribution in [2.24, 2.45) is 11.1 Å². The fourth-order valence-electron chi connectivity index (χ4n) is 4.29. The molecule has 242 valence electrons. The average molecular weight is 655 g/mol. The van der Waals surface area contributed by atoms with E-state index in [0.29, 0.717) is 45.1 Å². The van der Waals surface area contributed by atoms with Gasteiger partial charge in [0.2, 0.25) is 15.9 Å². The number of hydrogen-bond acceptors (Lipinski definition) is 9. The van der Waals surface area contributed by atoms with E-state index in [1.807, 2.05) is 0 Å². The predicted octanol–water partition coefficient (Wildman–Crippen LogP) is 0.366. The zero-order valence-corrected chi connectivity index (χ0v) is 25.7. The summed E-state index contributed by atoms with van der Waals surface area (Å²) in [6, 6.07) is 15.3. The van der Waals surface area contributed by atoms with Crippen LogP contribution in [0.1, 0.15) is 38.5 Å². The van der Waals surface area contributed by atoms with Crippen molar-refractivity contribution in [1.82, 2.24) is 20.8 Å². The van der Waals surface area contributed by atoms with Gasteiger partial charge in [-0.05, 0) is 49.8 Å². The first-order chi connectivity index (χ1) is 20.8. The van der Waals surface area contributed by atoms with Crippen molar-refractivity contribution in [3.63, 3.8) is 0 Å². The number of nitrogens with one attached hydrogen (secondary N) is 5. The molecule has 18 heteroatoms. The fourth-order valence-corrected chi connectivity index (χ4v) is 5.84. The van der Waals surface area contributed by atoms with E-state index in [1.54, 1.807) is 36.4 Å². The van der Waals surface area contributed by atoms with Crippen LogP contribution in [0.15, 0.2) is 70.5 Å². The van der Waals surface area contributed by atoms with Gasteiger partial charge in [0, 0.05) is 19.6 Å². The SMILES string of the molecule is N=C(N)NCCCCB(O)ONC(=O)C1(C(=O)NCCNS(=O)(=O)c2ccccc2)CCCC1.O=S(=O)(O)c1ccccc1. The van der Waals surface area contributed by atoms with Crippen molar-refractivity contribution in [2.45, 2.75) is 54.6 Å². The van der Waals surface area contributed by atoms with Crippen molar-refractivity contribution in [1.29, 1.82) is 5.41 Å². The molecule has 0 radical (unpaired) electrons. The van der Waals surface area contributed by atoms with E-state index in [1.165, 1.54) is 24.3 Å². The number of hydroxylamine groups is 1. The molecule has 1 aliphatic rings. The molecule has 3 rings (SSSR count). The minimum atomic E-state index is -4.00. The van der Waals surface area contributed by atoms with Gasteiger partial charge in [-0.1, -0.05) is 55.7 Å². The average Bonchev–Trinajstić information content (AvgIpc) is 3.50. The Morgan fingerprint density at radius 1 is 0.864 bits per heavy atom.